The van der Waals surface area contributed by atoms with E-state index in [1.165, 1.54) is 4.31 Å². The number of benzene rings is 1. The smallest absolute Gasteiger partial charge is 0.243 e. The first-order chi connectivity index (χ1) is 8.46. The average molecular weight is 289 g/mol. The summed E-state index contributed by atoms with van der Waals surface area (Å²) in [5, 5.41) is 0.477. The van der Waals surface area contributed by atoms with Gasteiger partial charge in [-0.3, -0.25) is 0 Å². The molecule has 4 nitrogen and oxygen atoms in total. The molecule has 6 heteroatoms. The fraction of sp³-hybridized carbons (Fsp3) is 0.500. The van der Waals surface area contributed by atoms with Gasteiger partial charge in [-0.05, 0) is 43.5 Å². The Hall–Kier alpha value is -0.620. The second kappa shape index (κ2) is 5.17. The van der Waals surface area contributed by atoms with Crippen molar-refractivity contribution in [1.82, 2.24) is 4.31 Å². The predicted molar refractivity (Wildman–Crippen MR) is 72.1 cm³/mol. The Labute approximate surface area is 113 Å². The summed E-state index contributed by atoms with van der Waals surface area (Å²) in [6.07, 6.45) is 0.829. The molecule has 0 spiro atoms. The van der Waals surface area contributed by atoms with E-state index in [4.69, 9.17) is 17.3 Å². The predicted octanol–water partition coefficient (Wildman–Crippen LogP) is 1.62. The van der Waals surface area contributed by atoms with Gasteiger partial charge in [-0.25, -0.2) is 8.42 Å². The number of nitrogens with zero attached hydrogens (tertiary/aromatic N) is 1. The molecular formula is C12H17ClN2O2S. The minimum atomic E-state index is -3.44. The summed E-state index contributed by atoms with van der Waals surface area (Å²) in [7, 11) is -3.44. The Morgan fingerprint density at radius 2 is 2.22 bits per heavy atom. The van der Waals surface area contributed by atoms with Crippen molar-refractivity contribution in [3.63, 3.8) is 0 Å². The lowest BCUT2D eigenvalue weighted by Crippen LogP contribution is -2.30. The van der Waals surface area contributed by atoms with Gasteiger partial charge in [0.05, 0.1) is 4.90 Å². The van der Waals surface area contributed by atoms with Crippen LogP contribution in [0.4, 0.5) is 0 Å². The number of hydrogen-bond acceptors (Lipinski definition) is 3. The highest BCUT2D eigenvalue weighted by atomic mass is 35.5. The molecule has 0 radical (unpaired) electrons. The summed E-state index contributed by atoms with van der Waals surface area (Å²) in [6.45, 7) is 3.30. The van der Waals surface area contributed by atoms with Crippen LogP contribution in [0.5, 0.6) is 0 Å². The monoisotopic (exact) mass is 288 g/mol. The first kappa shape index (κ1) is 13.8. The molecule has 0 aromatic heterocycles. The molecule has 2 N–H and O–H groups in total. The van der Waals surface area contributed by atoms with E-state index >= 15 is 0 Å². The standard InChI is InChI=1S/C12H17ClN2O2S/c1-9-11(13)3-2-4-12(9)18(16,17)15-6-5-10(7-14)8-15/h2-4,10H,5-8,14H2,1H3. The second-order valence-corrected chi connectivity index (χ2v) is 6.93. The Bertz CT molecular complexity index is 545. The molecule has 0 amide bonds. The lowest BCUT2D eigenvalue weighted by atomic mass is 10.1. The van der Waals surface area contributed by atoms with E-state index in [1.54, 1.807) is 25.1 Å². The van der Waals surface area contributed by atoms with Crippen molar-refractivity contribution < 1.29 is 8.42 Å². The Morgan fingerprint density at radius 3 is 2.83 bits per heavy atom. The van der Waals surface area contributed by atoms with Crippen LogP contribution in [0.1, 0.15) is 12.0 Å². The number of nitrogens with two attached hydrogens (primary N) is 1. The highest BCUT2D eigenvalue weighted by Crippen LogP contribution is 2.28. The van der Waals surface area contributed by atoms with Gasteiger partial charge in [0.25, 0.3) is 0 Å². The quantitative estimate of drug-likeness (QED) is 0.919. The summed E-state index contributed by atoms with van der Waals surface area (Å²) in [5.41, 5.74) is 6.20. The number of hydrogen-bond donors (Lipinski definition) is 1. The molecule has 1 aromatic rings. The zero-order valence-corrected chi connectivity index (χ0v) is 11.8. The van der Waals surface area contributed by atoms with E-state index in [1.807, 2.05) is 0 Å². The van der Waals surface area contributed by atoms with E-state index < -0.39 is 10.0 Å². The molecule has 2 rings (SSSR count). The van der Waals surface area contributed by atoms with Gasteiger partial charge in [0.15, 0.2) is 0 Å². The minimum Gasteiger partial charge on any atom is -0.330 e. The van der Waals surface area contributed by atoms with E-state index in [-0.39, 0.29) is 5.92 Å². The van der Waals surface area contributed by atoms with E-state index in [9.17, 15) is 8.42 Å². The van der Waals surface area contributed by atoms with Crippen LogP contribution in [0.25, 0.3) is 0 Å². The van der Waals surface area contributed by atoms with Crippen molar-refractivity contribution >= 4 is 21.6 Å². The lowest BCUT2D eigenvalue weighted by Gasteiger charge is -2.18. The van der Waals surface area contributed by atoms with Crippen molar-refractivity contribution in [1.29, 1.82) is 0 Å². The molecule has 1 heterocycles. The van der Waals surface area contributed by atoms with Crippen molar-refractivity contribution in [2.24, 2.45) is 11.7 Å². The second-order valence-electron chi connectivity index (χ2n) is 4.62. The van der Waals surface area contributed by atoms with Crippen molar-refractivity contribution in [2.45, 2.75) is 18.2 Å². The van der Waals surface area contributed by atoms with Crippen LogP contribution in [0.15, 0.2) is 23.1 Å². The van der Waals surface area contributed by atoms with Crippen LogP contribution in [-0.4, -0.2) is 32.4 Å². The summed E-state index contributed by atoms with van der Waals surface area (Å²) in [5.74, 6) is 0.263. The molecule has 100 valence electrons. The third-order valence-electron chi connectivity index (χ3n) is 3.42. The van der Waals surface area contributed by atoms with Crippen molar-refractivity contribution in [3.05, 3.63) is 28.8 Å². The largest absolute Gasteiger partial charge is 0.330 e. The van der Waals surface area contributed by atoms with Gasteiger partial charge in [-0.15, -0.1) is 0 Å². The summed E-state index contributed by atoms with van der Waals surface area (Å²) in [6, 6.07) is 4.97. The first-order valence-corrected chi connectivity index (χ1v) is 7.74. The maximum atomic E-state index is 12.5. The molecule has 18 heavy (non-hydrogen) atoms. The molecule has 1 aliphatic heterocycles. The van der Waals surface area contributed by atoms with Gasteiger partial charge in [0, 0.05) is 18.1 Å². The van der Waals surface area contributed by atoms with Gasteiger partial charge in [-0.2, -0.15) is 4.31 Å². The highest BCUT2D eigenvalue weighted by molar-refractivity contribution is 7.89. The lowest BCUT2D eigenvalue weighted by molar-refractivity contribution is 0.458. The maximum Gasteiger partial charge on any atom is 0.243 e. The van der Waals surface area contributed by atoms with Gasteiger partial charge in [-0.1, -0.05) is 17.7 Å². The maximum absolute atomic E-state index is 12.5. The molecule has 1 aliphatic rings. The fourth-order valence-electron chi connectivity index (χ4n) is 2.21. The molecule has 0 aliphatic carbocycles. The Kier molecular flexibility index (Phi) is 3.96. The first-order valence-electron chi connectivity index (χ1n) is 5.92. The molecule has 0 bridgehead atoms. The number of sulfonamides is 1. The molecule has 1 aromatic carbocycles. The number of rotatable bonds is 3. The summed E-state index contributed by atoms with van der Waals surface area (Å²) < 4.78 is 26.5. The SMILES string of the molecule is Cc1c(Cl)cccc1S(=O)(=O)N1CCC(CN)C1. The van der Waals surface area contributed by atoms with E-state index in [0.29, 0.717) is 35.1 Å². The number of halogens is 1. The average Bonchev–Trinajstić information content (AvgIpc) is 2.81. The zero-order valence-electron chi connectivity index (χ0n) is 10.3. The highest BCUT2D eigenvalue weighted by Gasteiger charge is 2.32. The van der Waals surface area contributed by atoms with Crippen LogP contribution in [0.3, 0.4) is 0 Å². The summed E-state index contributed by atoms with van der Waals surface area (Å²) >= 11 is 5.98. The molecule has 0 saturated carbocycles. The molecule has 1 fully saturated rings. The fourth-order valence-corrected chi connectivity index (χ4v) is 4.22. The van der Waals surface area contributed by atoms with Crippen LogP contribution in [-0.2, 0) is 10.0 Å². The van der Waals surface area contributed by atoms with Gasteiger partial charge >= 0.3 is 0 Å². The van der Waals surface area contributed by atoms with Crippen molar-refractivity contribution in [2.75, 3.05) is 19.6 Å². The van der Waals surface area contributed by atoms with Gasteiger partial charge in [0.2, 0.25) is 10.0 Å². The van der Waals surface area contributed by atoms with Gasteiger partial charge in [0.1, 0.15) is 0 Å². The van der Waals surface area contributed by atoms with E-state index in [2.05, 4.69) is 0 Å². The Morgan fingerprint density at radius 1 is 1.50 bits per heavy atom. The van der Waals surface area contributed by atoms with Crippen LogP contribution in [0, 0.1) is 12.8 Å². The minimum absolute atomic E-state index is 0.263. The zero-order chi connectivity index (χ0) is 13.3. The van der Waals surface area contributed by atoms with Crippen LogP contribution >= 0.6 is 11.6 Å². The third kappa shape index (κ3) is 2.40. The van der Waals surface area contributed by atoms with Gasteiger partial charge < -0.3 is 5.73 Å². The molecular weight excluding hydrogens is 272 g/mol. The van der Waals surface area contributed by atoms with E-state index in [0.717, 1.165) is 6.42 Å². The molecule has 1 saturated heterocycles. The Balaban J connectivity index is 2.35. The molecule has 1 unspecified atom stereocenters. The summed E-state index contributed by atoms with van der Waals surface area (Å²) in [4.78, 5) is 0.299. The van der Waals surface area contributed by atoms with Crippen molar-refractivity contribution in [3.8, 4) is 0 Å². The third-order valence-corrected chi connectivity index (χ3v) is 5.84. The topological polar surface area (TPSA) is 63.4 Å². The normalized spacial score (nSPS) is 21.4. The van der Waals surface area contributed by atoms with Crippen LogP contribution in [0.2, 0.25) is 5.02 Å². The van der Waals surface area contributed by atoms with Crippen LogP contribution < -0.4 is 5.73 Å². The molecule has 1 atom stereocenters.